The minimum atomic E-state index is -0.225. The van der Waals surface area contributed by atoms with Crippen molar-refractivity contribution in [3.8, 4) is 33.8 Å². The molecule has 6 nitrogen and oxygen atoms in total. The zero-order valence-corrected chi connectivity index (χ0v) is 57.1. The third-order valence-electron chi connectivity index (χ3n) is 20.7. The molecule has 0 aliphatic carbocycles. The van der Waals surface area contributed by atoms with Gasteiger partial charge in [0, 0.05) is 85.8 Å². The van der Waals surface area contributed by atoms with Crippen LogP contribution in [0.3, 0.4) is 0 Å². The van der Waals surface area contributed by atoms with Gasteiger partial charge in [0.2, 0.25) is 0 Å². The van der Waals surface area contributed by atoms with Crippen molar-refractivity contribution < 1.29 is 4.74 Å². The van der Waals surface area contributed by atoms with Crippen LogP contribution in [0.25, 0.3) is 22.3 Å². The molecule has 478 valence electrons. The molecule has 4 aliphatic heterocycles. The van der Waals surface area contributed by atoms with Crippen molar-refractivity contribution in [2.75, 3.05) is 24.5 Å². The SMILES string of the molecule is CC(C)(C)c1ccc(-c2ccccc2N(c2ccccc2)c2cc3c4c(c2)N(c2ccccc2-c2ccc(C(C)(C)C)cc2)c2ccccc2B4c2cc4c(cc2N3c2ccccc2)Oc2cc(N(c3ccccc3)c3ccccc3)cc3c2B4c2ccccc2N3c2ccccc2)cc1. The molecule has 14 aromatic rings. The van der Waals surface area contributed by atoms with Gasteiger partial charge in [-0.1, -0.05) is 260 Å². The molecule has 0 bridgehead atoms. The molecule has 4 aliphatic rings. The van der Waals surface area contributed by atoms with Crippen LogP contribution in [-0.2, 0) is 10.8 Å². The highest BCUT2D eigenvalue weighted by Gasteiger charge is 2.48. The number of hydrogen-bond donors (Lipinski definition) is 0. The van der Waals surface area contributed by atoms with Gasteiger partial charge >= 0.3 is 0 Å². The van der Waals surface area contributed by atoms with Crippen LogP contribution in [0.4, 0.5) is 85.3 Å². The first-order valence-corrected chi connectivity index (χ1v) is 35.0. The van der Waals surface area contributed by atoms with E-state index in [0.717, 1.165) is 130 Å². The van der Waals surface area contributed by atoms with E-state index in [4.69, 9.17) is 4.74 Å². The van der Waals surface area contributed by atoms with Crippen LogP contribution in [-0.4, -0.2) is 13.4 Å². The number of hydrogen-bond acceptors (Lipinski definition) is 6. The van der Waals surface area contributed by atoms with Crippen LogP contribution in [0.2, 0.25) is 0 Å². The summed E-state index contributed by atoms with van der Waals surface area (Å²) in [6.07, 6.45) is 0. The standard InChI is InChI=1S/C92H73B2N5O/c1-91(2,3)64-52-48-62(49-53-64)73-40-22-26-44-79(73)96(68-34-16-9-17-35-68)71-56-84-89-85(57-71)99(80-45-27-23-41-74(80)63-50-54-65(55-51-63)92(4,5)6)82-47-29-25-43-76(82)93(89)77-60-78-87(61-83(77)98(84)70-38-20-11-21-39-70)100-88-59-72(95(66-30-12-7-13-31-66)67-32-14-8-15-33-67)58-86-90(88)94(78)75-42-24-28-46-81(75)97(86)69-36-18-10-19-37-69/h7-61H,1-6H3. The van der Waals surface area contributed by atoms with Crippen molar-refractivity contribution in [2.45, 2.75) is 52.4 Å². The van der Waals surface area contributed by atoms with Gasteiger partial charge in [0.1, 0.15) is 11.5 Å². The second kappa shape index (κ2) is 23.9. The third kappa shape index (κ3) is 10.1. The maximum Gasteiger partial charge on any atom is 0.256 e. The van der Waals surface area contributed by atoms with E-state index in [9.17, 15) is 0 Å². The summed E-state index contributed by atoms with van der Waals surface area (Å²) < 4.78 is 7.82. The van der Waals surface area contributed by atoms with Crippen LogP contribution >= 0.6 is 0 Å². The summed E-state index contributed by atoms with van der Waals surface area (Å²) in [4.78, 5) is 12.4. The number of rotatable bonds is 11. The molecule has 0 unspecified atom stereocenters. The summed E-state index contributed by atoms with van der Waals surface area (Å²) >= 11 is 0. The molecule has 0 fully saturated rings. The summed E-state index contributed by atoms with van der Waals surface area (Å²) in [6.45, 7) is 13.3. The molecule has 0 amide bonds. The van der Waals surface area contributed by atoms with Crippen molar-refractivity contribution >= 4 is 132 Å². The summed E-state index contributed by atoms with van der Waals surface area (Å²) in [5.74, 6) is 1.64. The van der Waals surface area contributed by atoms with E-state index in [-0.39, 0.29) is 24.3 Å². The van der Waals surface area contributed by atoms with Crippen molar-refractivity contribution in [1.82, 2.24) is 0 Å². The monoisotopic (exact) mass is 1290 g/mol. The minimum absolute atomic E-state index is 0.000514. The predicted octanol–water partition coefficient (Wildman–Crippen LogP) is 21.0. The average Bonchev–Trinajstić information content (AvgIpc) is 0.690. The maximum absolute atomic E-state index is 7.82. The van der Waals surface area contributed by atoms with Crippen LogP contribution in [0.1, 0.15) is 52.7 Å². The molecule has 8 heteroatoms. The number of para-hydroxylation sites is 9. The Bertz CT molecular complexity index is 5410. The van der Waals surface area contributed by atoms with Gasteiger partial charge in [-0.25, -0.2) is 0 Å². The molecule has 0 aromatic heterocycles. The Morgan fingerprint density at radius 3 is 1.21 bits per heavy atom. The molecule has 18 rings (SSSR count). The van der Waals surface area contributed by atoms with E-state index in [0.29, 0.717) is 0 Å². The Morgan fingerprint density at radius 1 is 0.270 bits per heavy atom. The lowest BCUT2D eigenvalue weighted by atomic mass is 9.30. The van der Waals surface area contributed by atoms with Gasteiger partial charge in [-0.15, -0.1) is 0 Å². The van der Waals surface area contributed by atoms with Crippen LogP contribution in [0.5, 0.6) is 11.5 Å². The van der Waals surface area contributed by atoms with E-state index in [1.165, 1.54) is 33.0 Å². The molecular formula is C92H73B2N5O. The van der Waals surface area contributed by atoms with Gasteiger partial charge in [0.05, 0.1) is 22.7 Å². The highest BCUT2D eigenvalue weighted by Crippen LogP contribution is 2.53. The second-order valence-electron chi connectivity index (χ2n) is 28.9. The summed E-state index contributed by atoms with van der Waals surface area (Å²) in [6, 6.07) is 123. The molecule has 100 heavy (non-hydrogen) atoms. The van der Waals surface area contributed by atoms with Crippen molar-refractivity contribution in [3.63, 3.8) is 0 Å². The zero-order valence-electron chi connectivity index (χ0n) is 57.1. The molecule has 0 N–H and O–H groups in total. The fourth-order valence-corrected chi connectivity index (χ4v) is 16.1. The lowest BCUT2D eigenvalue weighted by molar-refractivity contribution is 0.488. The molecule has 0 atom stereocenters. The Kier molecular flexibility index (Phi) is 14.5. The van der Waals surface area contributed by atoms with Gasteiger partial charge in [0.15, 0.2) is 0 Å². The molecule has 0 radical (unpaired) electrons. The largest absolute Gasteiger partial charge is 0.458 e. The lowest BCUT2D eigenvalue weighted by Gasteiger charge is -2.46. The maximum atomic E-state index is 7.82. The molecule has 0 saturated carbocycles. The Hall–Kier alpha value is -12.0. The van der Waals surface area contributed by atoms with Gasteiger partial charge in [-0.3, -0.25) is 0 Å². The Labute approximate surface area is 588 Å². The first-order chi connectivity index (χ1) is 48.9. The first kappa shape index (κ1) is 60.4. The summed E-state index contributed by atoms with van der Waals surface area (Å²) in [5.41, 5.74) is 30.3. The zero-order chi connectivity index (χ0) is 67.4. The number of anilines is 15. The highest BCUT2D eigenvalue weighted by atomic mass is 16.5. The molecule has 0 saturated heterocycles. The van der Waals surface area contributed by atoms with Crippen LogP contribution in [0.15, 0.2) is 334 Å². The highest BCUT2D eigenvalue weighted by molar-refractivity contribution is 7.02. The van der Waals surface area contributed by atoms with E-state index >= 15 is 0 Å². The molecule has 4 heterocycles. The number of nitrogens with zero attached hydrogens (tertiary/aromatic N) is 5. The van der Waals surface area contributed by atoms with Crippen molar-refractivity contribution in [1.29, 1.82) is 0 Å². The Balaban J connectivity index is 0.917. The van der Waals surface area contributed by atoms with Crippen molar-refractivity contribution in [3.05, 3.63) is 345 Å². The van der Waals surface area contributed by atoms with Gasteiger partial charge < -0.3 is 29.2 Å². The smallest absolute Gasteiger partial charge is 0.256 e. The Morgan fingerprint density at radius 2 is 0.670 bits per heavy atom. The summed E-state index contributed by atoms with van der Waals surface area (Å²) in [7, 11) is 0. The fraction of sp³-hybridized carbons (Fsp3) is 0.0870. The number of benzene rings is 14. The predicted molar refractivity (Wildman–Crippen MR) is 424 cm³/mol. The molecular weight excluding hydrogens is 1210 g/mol. The first-order valence-electron chi connectivity index (χ1n) is 35.0. The van der Waals surface area contributed by atoms with Gasteiger partial charge in [-0.05, 0) is 169 Å². The fourth-order valence-electron chi connectivity index (χ4n) is 16.1. The van der Waals surface area contributed by atoms with Gasteiger partial charge in [-0.2, -0.15) is 0 Å². The van der Waals surface area contributed by atoms with E-state index < -0.39 is 0 Å². The van der Waals surface area contributed by atoms with Crippen molar-refractivity contribution in [2.24, 2.45) is 0 Å². The van der Waals surface area contributed by atoms with E-state index in [1.807, 2.05) is 0 Å². The van der Waals surface area contributed by atoms with Gasteiger partial charge in [0.25, 0.3) is 13.4 Å². The van der Waals surface area contributed by atoms with Crippen LogP contribution in [0, 0.1) is 0 Å². The second-order valence-corrected chi connectivity index (χ2v) is 28.9. The number of ether oxygens (including phenoxy) is 1. The quantitative estimate of drug-likeness (QED) is 0.120. The molecule has 14 aromatic carbocycles. The minimum Gasteiger partial charge on any atom is -0.458 e. The van der Waals surface area contributed by atoms with E-state index in [2.05, 4.69) is 400 Å². The lowest BCUT2D eigenvalue weighted by Crippen LogP contribution is -2.64. The van der Waals surface area contributed by atoms with Crippen LogP contribution < -0.4 is 62.0 Å². The summed E-state index contributed by atoms with van der Waals surface area (Å²) in [5, 5.41) is 0. The topological polar surface area (TPSA) is 25.4 Å². The number of fused-ring (bicyclic) bond motifs is 8. The molecule has 0 spiro atoms. The normalized spacial score (nSPS) is 13.1. The average molecular weight is 1290 g/mol. The third-order valence-corrected chi connectivity index (χ3v) is 20.7. The van der Waals surface area contributed by atoms with E-state index in [1.54, 1.807) is 0 Å².